The normalized spacial score (nSPS) is 39.6. The third kappa shape index (κ3) is 1.98. The fourth-order valence-electron chi connectivity index (χ4n) is 2.60. The molecule has 0 aromatic heterocycles. The molecule has 0 unspecified atom stereocenters. The molecule has 1 saturated heterocycles. The fraction of sp³-hybridized carbons (Fsp3) is 1.00. The van der Waals surface area contributed by atoms with Crippen molar-refractivity contribution < 1.29 is 4.48 Å². The Balaban J connectivity index is 2.51. The lowest BCUT2D eigenvalue weighted by Gasteiger charge is -2.40. The van der Waals surface area contributed by atoms with Crippen LogP contribution in [-0.2, 0) is 0 Å². The molecule has 0 saturated carbocycles. The molecule has 1 fully saturated rings. The van der Waals surface area contributed by atoms with Gasteiger partial charge in [0.2, 0.25) is 0 Å². The standard InChI is InChI=1S/C9H20N/c1-8-5-9(2)7-10(3,4)6-8/h8-9H,5-7H2,1-4H3/q+1/t8-,9-/m1/s1. The van der Waals surface area contributed by atoms with Crippen LogP contribution >= 0.6 is 0 Å². The van der Waals surface area contributed by atoms with Crippen LogP contribution in [-0.4, -0.2) is 31.7 Å². The molecule has 1 rings (SSSR count). The molecule has 60 valence electrons. The molecule has 1 nitrogen and oxygen atoms in total. The van der Waals surface area contributed by atoms with Gasteiger partial charge in [-0.05, 0) is 6.42 Å². The van der Waals surface area contributed by atoms with Crippen molar-refractivity contribution >= 4 is 0 Å². The summed E-state index contributed by atoms with van der Waals surface area (Å²) in [5.41, 5.74) is 0. The average Bonchev–Trinajstić information content (AvgIpc) is 1.54. The zero-order valence-corrected chi connectivity index (χ0v) is 7.72. The Morgan fingerprint density at radius 2 is 1.40 bits per heavy atom. The van der Waals surface area contributed by atoms with Gasteiger partial charge < -0.3 is 4.48 Å². The molecule has 0 aromatic rings. The smallest absolute Gasteiger partial charge is 0.0808 e. The third-order valence-electron chi connectivity index (χ3n) is 2.42. The summed E-state index contributed by atoms with van der Waals surface area (Å²) in [6, 6.07) is 0. The average molecular weight is 142 g/mol. The third-order valence-corrected chi connectivity index (χ3v) is 2.42. The largest absolute Gasteiger partial charge is 0.328 e. The Labute approximate surface area is 64.6 Å². The highest BCUT2D eigenvalue weighted by Gasteiger charge is 2.28. The van der Waals surface area contributed by atoms with E-state index in [1.807, 2.05) is 0 Å². The summed E-state index contributed by atoms with van der Waals surface area (Å²) in [5.74, 6) is 1.86. The van der Waals surface area contributed by atoms with Gasteiger partial charge in [-0.2, -0.15) is 0 Å². The second kappa shape index (κ2) is 2.54. The molecule has 0 N–H and O–H groups in total. The van der Waals surface area contributed by atoms with Crippen LogP contribution in [0.4, 0.5) is 0 Å². The lowest BCUT2D eigenvalue weighted by atomic mass is 9.91. The molecule has 1 aliphatic heterocycles. The van der Waals surface area contributed by atoms with Crippen molar-refractivity contribution in [2.24, 2.45) is 11.8 Å². The first kappa shape index (κ1) is 8.06. The molecular weight excluding hydrogens is 122 g/mol. The quantitative estimate of drug-likeness (QED) is 0.452. The van der Waals surface area contributed by atoms with Gasteiger partial charge in [-0.3, -0.25) is 0 Å². The van der Waals surface area contributed by atoms with Crippen LogP contribution in [0, 0.1) is 11.8 Å². The van der Waals surface area contributed by atoms with Gasteiger partial charge in [-0.25, -0.2) is 0 Å². The summed E-state index contributed by atoms with van der Waals surface area (Å²) < 4.78 is 1.22. The molecule has 10 heavy (non-hydrogen) atoms. The number of quaternary nitrogens is 1. The molecule has 2 atom stereocenters. The topological polar surface area (TPSA) is 0 Å². The second-order valence-corrected chi connectivity index (χ2v) is 4.75. The number of hydrogen-bond donors (Lipinski definition) is 0. The van der Waals surface area contributed by atoms with Crippen molar-refractivity contribution in [3.05, 3.63) is 0 Å². The summed E-state index contributed by atoms with van der Waals surface area (Å²) in [4.78, 5) is 0. The van der Waals surface area contributed by atoms with Crippen LogP contribution in [0.2, 0.25) is 0 Å². The summed E-state index contributed by atoms with van der Waals surface area (Å²) in [7, 11) is 4.68. The molecule has 1 aliphatic rings. The zero-order chi connectivity index (χ0) is 7.78. The van der Waals surface area contributed by atoms with E-state index in [9.17, 15) is 0 Å². The van der Waals surface area contributed by atoms with Crippen LogP contribution in [0.25, 0.3) is 0 Å². The van der Waals surface area contributed by atoms with E-state index in [2.05, 4.69) is 27.9 Å². The van der Waals surface area contributed by atoms with Crippen LogP contribution in [0.3, 0.4) is 0 Å². The number of rotatable bonds is 0. The van der Waals surface area contributed by atoms with Crippen LogP contribution in [0.1, 0.15) is 20.3 Å². The number of piperidine rings is 1. The van der Waals surface area contributed by atoms with E-state index in [0.717, 1.165) is 11.8 Å². The van der Waals surface area contributed by atoms with E-state index in [-0.39, 0.29) is 0 Å². The van der Waals surface area contributed by atoms with Gasteiger partial charge in [0.05, 0.1) is 27.2 Å². The minimum Gasteiger partial charge on any atom is -0.328 e. The van der Waals surface area contributed by atoms with Crippen molar-refractivity contribution in [3.63, 3.8) is 0 Å². The van der Waals surface area contributed by atoms with E-state index in [1.54, 1.807) is 0 Å². The lowest BCUT2D eigenvalue weighted by molar-refractivity contribution is -0.902. The number of hydrogen-bond acceptors (Lipinski definition) is 0. The SMILES string of the molecule is C[C@@H]1C[C@@H](C)C[N+](C)(C)C1. The van der Waals surface area contributed by atoms with Crippen LogP contribution in [0.5, 0.6) is 0 Å². The van der Waals surface area contributed by atoms with Crippen LogP contribution in [0.15, 0.2) is 0 Å². The Morgan fingerprint density at radius 3 is 1.70 bits per heavy atom. The first-order valence-electron chi connectivity index (χ1n) is 4.31. The zero-order valence-electron chi connectivity index (χ0n) is 7.72. The molecule has 0 amide bonds. The van der Waals surface area contributed by atoms with Crippen molar-refractivity contribution in [1.82, 2.24) is 0 Å². The summed E-state index contributed by atoms with van der Waals surface area (Å²) >= 11 is 0. The van der Waals surface area contributed by atoms with E-state index in [0.29, 0.717) is 0 Å². The lowest BCUT2D eigenvalue weighted by Crippen LogP contribution is -2.49. The summed E-state index contributed by atoms with van der Waals surface area (Å²) in [6.45, 7) is 7.47. The highest BCUT2D eigenvalue weighted by molar-refractivity contribution is 4.64. The minimum absolute atomic E-state index is 0.929. The van der Waals surface area contributed by atoms with Gasteiger partial charge in [0.15, 0.2) is 0 Å². The Bertz CT molecular complexity index is 106. The highest BCUT2D eigenvalue weighted by atomic mass is 15.3. The second-order valence-electron chi connectivity index (χ2n) is 4.75. The molecular formula is C9H20N+. The van der Waals surface area contributed by atoms with Crippen LogP contribution < -0.4 is 0 Å². The maximum Gasteiger partial charge on any atom is 0.0808 e. The fourth-order valence-corrected chi connectivity index (χ4v) is 2.60. The van der Waals surface area contributed by atoms with Crippen molar-refractivity contribution in [2.45, 2.75) is 20.3 Å². The van der Waals surface area contributed by atoms with Gasteiger partial charge >= 0.3 is 0 Å². The first-order chi connectivity index (χ1) is 4.49. The minimum atomic E-state index is 0.929. The molecule has 0 spiro atoms. The maximum atomic E-state index is 2.37. The van der Waals surface area contributed by atoms with Gasteiger partial charge in [0.25, 0.3) is 0 Å². The van der Waals surface area contributed by atoms with Gasteiger partial charge in [0.1, 0.15) is 0 Å². The Kier molecular flexibility index (Phi) is 2.04. The number of nitrogens with zero attached hydrogens (tertiary/aromatic N) is 1. The van der Waals surface area contributed by atoms with Gasteiger partial charge in [-0.15, -0.1) is 0 Å². The van der Waals surface area contributed by atoms with E-state index >= 15 is 0 Å². The highest BCUT2D eigenvalue weighted by Crippen LogP contribution is 2.23. The molecule has 1 heterocycles. The monoisotopic (exact) mass is 142 g/mol. The first-order valence-corrected chi connectivity index (χ1v) is 4.31. The van der Waals surface area contributed by atoms with E-state index < -0.39 is 0 Å². The predicted molar refractivity (Wildman–Crippen MR) is 44.8 cm³/mol. The van der Waals surface area contributed by atoms with E-state index in [4.69, 9.17) is 0 Å². The summed E-state index contributed by atoms with van der Waals surface area (Å²) in [6.07, 6.45) is 1.43. The van der Waals surface area contributed by atoms with Crippen molar-refractivity contribution in [2.75, 3.05) is 27.2 Å². The predicted octanol–water partition coefficient (Wildman–Crippen LogP) is 1.74. The van der Waals surface area contributed by atoms with E-state index in [1.165, 1.54) is 24.0 Å². The number of likely N-dealkylation sites (tertiary alicyclic amines) is 1. The molecule has 0 aromatic carbocycles. The molecule has 1 heteroatoms. The van der Waals surface area contributed by atoms with Gasteiger partial charge in [-0.1, -0.05) is 13.8 Å². The Morgan fingerprint density at radius 1 is 1.00 bits per heavy atom. The summed E-state index contributed by atoms with van der Waals surface area (Å²) in [5, 5.41) is 0. The molecule has 0 radical (unpaired) electrons. The Hall–Kier alpha value is -0.0400. The van der Waals surface area contributed by atoms with Crippen molar-refractivity contribution in [1.29, 1.82) is 0 Å². The molecule has 0 bridgehead atoms. The molecule has 0 aliphatic carbocycles. The maximum absolute atomic E-state index is 2.37. The van der Waals surface area contributed by atoms with Gasteiger partial charge in [0, 0.05) is 11.8 Å². The van der Waals surface area contributed by atoms with Crippen molar-refractivity contribution in [3.8, 4) is 0 Å².